The molecule has 0 atom stereocenters. The Balaban J connectivity index is 2.29. The summed E-state index contributed by atoms with van der Waals surface area (Å²) in [7, 11) is 0. The molecule has 0 spiro atoms. The molecule has 1 amide bonds. The number of anilines is 1. The molecule has 9 heteroatoms. The number of rotatable bonds is 7. The number of aliphatic hydroxyl groups is 1. The fourth-order valence-electron chi connectivity index (χ4n) is 2.24. The molecule has 136 valence electrons. The number of hydrogen-bond acceptors (Lipinski definition) is 6. The molecule has 2 aromatic rings. The van der Waals surface area contributed by atoms with Crippen molar-refractivity contribution < 1.29 is 29.5 Å². The lowest BCUT2D eigenvalue weighted by atomic mass is 10.1. The Morgan fingerprint density at radius 1 is 1.15 bits per heavy atom. The highest BCUT2D eigenvalue weighted by Gasteiger charge is 2.26. The second-order valence-corrected chi connectivity index (χ2v) is 5.18. The third-order valence-electron chi connectivity index (χ3n) is 3.46. The molecule has 0 heterocycles. The summed E-state index contributed by atoms with van der Waals surface area (Å²) < 4.78 is 5.15. The molecular formula is C17H16N2O7. The Labute approximate surface area is 148 Å². The van der Waals surface area contributed by atoms with E-state index in [-0.39, 0.29) is 24.4 Å². The average molecular weight is 360 g/mol. The largest absolute Gasteiger partial charge is 0.478 e. The summed E-state index contributed by atoms with van der Waals surface area (Å²) in [6, 6.07) is 12.0. The van der Waals surface area contributed by atoms with Crippen LogP contribution in [-0.2, 0) is 11.3 Å². The highest BCUT2D eigenvalue weighted by molar-refractivity contribution is 5.94. The monoisotopic (exact) mass is 360 g/mol. The predicted molar refractivity (Wildman–Crippen MR) is 91.1 cm³/mol. The van der Waals surface area contributed by atoms with E-state index in [4.69, 9.17) is 9.84 Å². The summed E-state index contributed by atoms with van der Waals surface area (Å²) in [5, 5.41) is 29.4. The number of ether oxygens (including phenoxy) is 1. The van der Waals surface area contributed by atoms with Crippen molar-refractivity contribution >= 4 is 23.4 Å². The summed E-state index contributed by atoms with van der Waals surface area (Å²) in [5.41, 5.74) is -0.301. The van der Waals surface area contributed by atoms with Gasteiger partial charge in [0.15, 0.2) is 0 Å². The van der Waals surface area contributed by atoms with E-state index in [0.717, 1.165) is 28.7 Å². The Bertz CT molecular complexity index is 808. The van der Waals surface area contributed by atoms with E-state index in [1.54, 1.807) is 30.3 Å². The topological polar surface area (TPSA) is 130 Å². The third kappa shape index (κ3) is 4.54. The Kier molecular flexibility index (Phi) is 6.23. The van der Waals surface area contributed by atoms with Crippen LogP contribution < -0.4 is 4.90 Å². The van der Waals surface area contributed by atoms with Crippen molar-refractivity contribution in [1.29, 1.82) is 0 Å². The van der Waals surface area contributed by atoms with Gasteiger partial charge >= 0.3 is 12.1 Å². The number of carboxylic acid groups (broad SMARTS) is 1. The first-order chi connectivity index (χ1) is 12.4. The predicted octanol–water partition coefficient (Wildman–Crippen LogP) is 2.43. The van der Waals surface area contributed by atoms with Crippen molar-refractivity contribution in [2.24, 2.45) is 0 Å². The zero-order valence-corrected chi connectivity index (χ0v) is 13.6. The molecule has 2 rings (SSSR count). The maximum atomic E-state index is 12.4. The Hall–Kier alpha value is -3.46. The van der Waals surface area contributed by atoms with Gasteiger partial charge in [-0.3, -0.25) is 15.0 Å². The van der Waals surface area contributed by atoms with Crippen molar-refractivity contribution in [3.63, 3.8) is 0 Å². The van der Waals surface area contributed by atoms with Gasteiger partial charge in [-0.15, -0.1) is 0 Å². The minimum absolute atomic E-state index is 0.0530. The van der Waals surface area contributed by atoms with Gasteiger partial charge in [-0.1, -0.05) is 30.3 Å². The van der Waals surface area contributed by atoms with Crippen molar-refractivity contribution in [3.05, 3.63) is 69.8 Å². The minimum Gasteiger partial charge on any atom is -0.478 e. The fourth-order valence-corrected chi connectivity index (χ4v) is 2.24. The second-order valence-electron chi connectivity index (χ2n) is 5.18. The summed E-state index contributed by atoms with van der Waals surface area (Å²) in [5.74, 6) is -1.33. The fraction of sp³-hybridized carbons (Fsp3) is 0.176. The highest BCUT2D eigenvalue weighted by atomic mass is 16.6. The number of aromatic carboxylic acids is 1. The summed E-state index contributed by atoms with van der Waals surface area (Å²) in [6.45, 7) is -0.762. The van der Waals surface area contributed by atoms with Crippen LogP contribution in [0.25, 0.3) is 0 Å². The number of nitrogens with zero attached hydrogens (tertiary/aromatic N) is 2. The van der Waals surface area contributed by atoms with E-state index >= 15 is 0 Å². The lowest BCUT2D eigenvalue weighted by Crippen LogP contribution is -2.34. The maximum Gasteiger partial charge on any atom is 0.414 e. The first kappa shape index (κ1) is 18.9. The maximum absolute atomic E-state index is 12.4. The highest BCUT2D eigenvalue weighted by Crippen LogP contribution is 2.30. The summed E-state index contributed by atoms with van der Waals surface area (Å²) in [6.07, 6.45) is -0.894. The number of nitro groups is 1. The van der Waals surface area contributed by atoms with Gasteiger partial charge in [0.25, 0.3) is 5.69 Å². The van der Waals surface area contributed by atoms with Crippen LogP contribution in [0.15, 0.2) is 48.5 Å². The molecule has 0 aromatic heterocycles. The molecule has 0 aliphatic rings. The van der Waals surface area contributed by atoms with Crippen molar-refractivity contribution in [1.82, 2.24) is 0 Å². The first-order valence-corrected chi connectivity index (χ1v) is 7.55. The number of aliphatic hydroxyl groups excluding tert-OH is 1. The van der Waals surface area contributed by atoms with Crippen LogP contribution in [0.4, 0.5) is 16.2 Å². The van der Waals surface area contributed by atoms with Crippen LogP contribution in [0.5, 0.6) is 0 Å². The lowest BCUT2D eigenvalue weighted by molar-refractivity contribution is -0.384. The van der Waals surface area contributed by atoms with Crippen molar-refractivity contribution in [2.75, 3.05) is 18.1 Å². The van der Waals surface area contributed by atoms with Crippen LogP contribution >= 0.6 is 0 Å². The zero-order chi connectivity index (χ0) is 19.1. The normalized spacial score (nSPS) is 10.2. The van der Waals surface area contributed by atoms with E-state index in [1.807, 2.05) is 0 Å². The SMILES string of the molecule is O=C(O)c1ccc(N(CCO)C(=O)OCc2ccccc2)c([N+](=O)[O-])c1. The Morgan fingerprint density at radius 2 is 1.85 bits per heavy atom. The molecule has 0 unspecified atom stereocenters. The van der Waals surface area contributed by atoms with Crippen LogP contribution in [0, 0.1) is 10.1 Å². The van der Waals surface area contributed by atoms with Crippen LogP contribution in [0.2, 0.25) is 0 Å². The average Bonchev–Trinajstić information content (AvgIpc) is 2.64. The smallest absolute Gasteiger partial charge is 0.414 e. The standard InChI is InChI=1S/C17H16N2O7/c20-9-8-18(17(23)26-11-12-4-2-1-3-5-12)14-7-6-13(16(21)22)10-15(14)19(24)25/h1-7,10,20H,8-9,11H2,(H,21,22). The first-order valence-electron chi connectivity index (χ1n) is 7.55. The molecule has 0 aliphatic carbocycles. The molecule has 2 N–H and O–H groups in total. The zero-order valence-electron chi connectivity index (χ0n) is 13.6. The molecule has 2 aromatic carbocycles. The minimum atomic E-state index is -1.33. The molecule has 0 radical (unpaired) electrons. The molecular weight excluding hydrogens is 344 g/mol. The summed E-state index contributed by atoms with van der Waals surface area (Å²) in [4.78, 5) is 34.7. The van der Waals surface area contributed by atoms with E-state index in [2.05, 4.69) is 0 Å². The molecule has 0 bridgehead atoms. The number of hydrogen-bond donors (Lipinski definition) is 2. The number of amides is 1. The van der Waals surface area contributed by atoms with Crippen molar-refractivity contribution in [3.8, 4) is 0 Å². The molecule has 0 saturated heterocycles. The number of carbonyl (C=O) groups is 2. The van der Waals surface area contributed by atoms with Gasteiger partial charge < -0.3 is 14.9 Å². The quantitative estimate of drug-likeness (QED) is 0.573. The van der Waals surface area contributed by atoms with Gasteiger partial charge in [-0.05, 0) is 17.7 Å². The van der Waals surface area contributed by atoms with Crippen molar-refractivity contribution in [2.45, 2.75) is 6.61 Å². The van der Waals surface area contributed by atoms with E-state index < -0.39 is 29.3 Å². The van der Waals surface area contributed by atoms with Crippen LogP contribution in [0.1, 0.15) is 15.9 Å². The van der Waals surface area contributed by atoms with E-state index in [1.165, 1.54) is 0 Å². The van der Waals surface area contributed by atoms with Gasteiger partial charge in [-0.25, -0.2) is 9.59 Å². The van der Waals surface area contributed by atoms with E-state index in [0.29, 0.717) is 0 Å². The molecule has 0 fully saturated rings. The Morgan fingerprint density at radius 3 is 2.42 bits per heavy atom. The van der Waals surface area contributed by atoms with Gasteiger partial charge in [-0.2, -0.15) is 0 Å². The number of nitro benzene ring substituents is 1. The lowest BCUT2D eigenvalue weighted by Gasteiger charge is -2.21. The van der Waals surface area contributed by atoms with Gasteiger partial charge in [0.2, 0.25) is 0 Å². The third-order valence-corrected chi connectivity index (χ3v) is 3.46. The summed E-state index contributed by atoms with van der Waals surface area (Å²) >= 11 is 0. The van der Waals surface area contributed by atoms with E-state index in [9.17, 15) is 24.8 Å². The number of carboxylic acids is 1. The van der Waals surface area contributed by atoms with Gasteiger partial charge in [0.1, 0.15) is 12.3 Å². The molecule has 0 aliphatic heterocycles. The van der Waals surface area contributed by atoms with Crippen LogP contribution in [-0.4, -0.2) is 40.4 Å². The van der Waals surface area contributed by atoms with Crippen LogP contribution in [0.3, 0.4) is 0 Å². The molecule has 9 nitrogen and oxygen atoms in total. The molecule has 0 saturated carbocycles. The second kappa shape index (κ2) is 8.58. The van der Waals surface area contributed by atoms with Gasteiger partial charge in [0, 0.05) is 6.07 Å². The van der Waals surface area contributed by atoms with Gasteiger partial charge in [0.05, 0.1) is 23.6 Å². The molecule has 26 heavy (non-hydrogen) atoms. The number of benzene rings is 2. The number of carbonyl (C=O) groups excluding carboxylic acids is 1.